The van der Waals surface area contributed by atoms with Crippen LogP contribution in [0.15, 0.2) is 48.8 Å². The molecule has 2 rings (SSSR count). The Morgan fingerprint density at radius 1 is 1.08 bits per heavy atom. The van der Waals surface area contributed by atoms with Gasteiger partial charge in [0.15, 0.2) is 0 Å². The number of aliphatic carboxylic acids is 1. The first-order valence-electron chi connectivity index (χ1n) is 7.74. The molecular formula is C18H23ClN2O3. The second kappa shape index (κ2) is 10.6. The SMILES string of the molecule is Cl.N[C@@H](Cc1ccc(OCCCCc2ccncc2)cc1)C(=O)O. The molecule has 1 aromatic carbocycles. The molecule has 0 radical (unpaired) electrons. The molecule has 5 nitrogen and oxygen atoms in total. The van der Waals surface area contributed by atoms with Crippen molar-refractivity contribution in [2.75, 3.05) is 6.61 Å². The molecule has 0 unspecified atom stereocenters. The summed E-state index contributed by atoms with van der Waals surface area (Å²) in [4.78, 5) is 14.7. The van der Waals surface area contributed by atoms with E-state index >= 15 is 0 Å². The lowest BCUT2D eigenvalue weighted by Gasteiger charge is -2.09. The van der Waals surface area contributed by atoms with E-state index in [1.54, 1.807) is 0 Å². The summed E-state index contributed by atoms with van der Waals surface area (Å²) >= 11 is 0. The van der Waals surface area contributed by atoms with Crippen molar-refractivity contribution in [2.45, 2.75) is 31.7 Å². The molecule has 0 bridgehead atoms. The Bertz CT molecular complexity index is 605. The third-order valence-electron chi connectivity index (χ3n) is 3.57. The largest absolute Gasteiger partial charge is 0.494 e. The van der Waals surface area contributed by atoms with Gasteiger partial charge < -0.3 is 15.6 Å². The van der Waals surface area contributed by atoms with E-state index in [-0.39, 0.29) is 12.4 Å². The van der Waals surface area contributed by atoms with Gasteiger partial charge in [-0.25, -0.2) is 0 Å². The lowest BCUT2D eigenvalue weighted by molar-refractivity contribution is -0.138. The van der Waals surface area contributed by atoms with Crippen molar-refractivity contribution in [2.24, 2.45) is 5.73 Å². The number of nitrogens with two attached hydrogens (primary N) is 1. The van der Waals surface area contributed by atoms with Crippen LogP contribution in [0.3, 0.4) is 0 Å². The monoisotopic (exact) mass is 350 g/mol. The van der Waals surface area contributed by atoms with E-state index in [4.69, 9.17) is 15.6 Å². The van der Waals surface area contributed by atoms with Gasteiger partial charge in [-0.3, -0.25) is 9.78 Å². The fraction of sp³-hybridized carbons (Fsp3) is 0.333. The zero-order valence-corrected chi connectivity index (χ0v) is 14.2. The van der Waals surface area contributed by atoms with Gasteiger partial charge in [0, 0.05) is 12.4 Å². The predicted octanol–water partition coefficient (Wildman–Crippen LogP) is 2.86. The maximum Gasteiger partial charge on any atom is 0.320 e. The van der Waals surface area contributed by atoms with Crippen LogP contribution in [0.2, 0.25) is 0 Å². The maximum atomic E-state index is 10.7. The summed E-state index contributed by atoms with van der Waals surface area (Å²) in [5.41, 5.74) is 7.70. The van der Waals surface area contributed by atoms with Crippen LogP contribution in [0.4, 0.5) is 0 Å². The van der Waals surface area contributed by atoms with Crippen molar-refractivity contribution in [3.8, 4) is 5.75 Å². The van der Waals surface area contributed by atoms with Crippen molar-refractivity contribution >= 4 is 18.4 Å². The van der Waals surface area contributed by atoms with Crippen molar-refractivity contribution in [3.63, 3.8) is 0 Å². The number of ether oxygens (including phenoxy) is 1. The van der Waals surface area contributed by atoms with E-state index in [1.165, 1.54) is 5.56 Å². The standard InChI is InChI=1S/C18H22N2O3.ClH/c19-17(18(21)22)13-15-4-6-16(7-5-15)23-12-2-1-3-14-8-10-20-11-9-14;/h4-11,17H,1-3,12-13,19H2,(H,21,22);1H/t17-;/m0./s1. The molecule has 3 N–H and O–H groups in total. The molecule has 1 atom stereocenters. The molecule has 1 heterocycles. The lowest BCUT2D eigenvalue weighted by Crippen LogP contribution is -2.32. The second-order valence-corrected chi connectivity index (χ2v) is 5.45. The van der Waals surface area contributed by atoms with Crippen LogP contribution < -0.4 is 10.5 Å². The van der Waals surface area contributed by atoms with Crippen molar-refractivity contribution in [3.05, 3.63) is 59.9 Å². The molecule has 0 fully saturated rings. The molecule has 0 saturated heterocycles. The number of aromatic nitrogens is 1. The molecule has 0 aliphatic rings. The molecule has 6 heteroatoms. The van der Waals surface area contributed by atoms with Crippen LogP contribution in [-0.2, 0) is 17.6 Å². The van der Waals surface area contributed by atoms with Gasteiger partial charge in [0.05, 0.1) is 6.61 Å². The number of carboxylic acids is 1. The summed E-state index contributed by atoms with van der Waals surface area (Å²) in [5, 5.41) is 8.79. The first-order chi connectivity index (χ1) is 11.1. The molecule has 1 aromatic heterocycles. The molecule has 0 aliphatic carbocycles. The highest BCUT2D eigenvalue weighted by molar-refractivity contribution is 5.85. The van der Waals surface area contributed by atoms with E-state index in [0.717, 1.165) is 30.6 Å². The number of hydrogen-bond acceptors (Lipinski definition) is 4. The Kier molecular flexibility index (Phi) is 8.83. The van der Waals surface area contributed by atoms with Crippen LogP contribution in [0, 0.1) is 0 Å². The van der Waals surface area contributed by atoms with Crippen LogP contribution in [0.5, 0.6) is 5.75 Å². The lowest BCUT2D eigenvalue weighted by atomic mass is 10.1. The van der Waals surface area contributed by atoms with E-state index in [2.05, 4.69) is 4.98 Å². The summed E-state index contributed by atoms with van der Waals surface area (Å²) in [6.07, 6.45) is 7.01. The Labute approximate surface area is 148 Å². The average Bonchev–Trinajstić information content (AvgIpc) is 2.57. The van der Waals surface area contributed by atoms with Crippen LogP contribution >= 0.6 is 12.4 Å². The minimum absolute atomic E-state index is 0. The first kappa shape index (κ1) is 19.9. The van der Waals surface area contributed by atoms with Gasteiger partial charge in [0.25, 0.3) is 0 Å². The van der Waals surface area contributed by atoms with Crippen molar-refractivity contribution in [1.82, 2.24) is 4.98 Å². The van der Waals surface area contributed by atoms with E-state index in [9.17, 15) is 4.79 Å². The Balaban J connectivity index is 0.00000288. The zero-order chi connectivity index (χ0) is 16.5. The Morgan fingerprint density at radius 3 is 2.38 bits per heavy atom. The maximum absolute atomic E-state index is 10.7. The van der Waals surface area contributed by atoms with Crippen LogP contribution in [-0.4, -0.2) is 28.7 Å². The summed E-state index contributed by atoms with van der Waals surface area (Å²) < 4.78 is 5.69. The number of hydrogen-bond donors (Lipinski definition) is 2. The van der Waals surface area contributed by atoms with Gasteiger partial charge in [-0.05, 0) is 61.1 Å². The number of pyridine rings is 1. The van der Waals surface area contributed by atoms with E-state index in [1.807, 2.05) is 48.8 Å². The number of carbonyl (C=O) groups is 1. The van der Waals surface area contributed by atoms with E-state index in [0.29, 0.717) is 13.0 Å². The number of aryl methyl sites for hydroxylation is 1. The number of rotatable bonds is 9. The Hall–Kier alpha value is -2.11. The average molecular weight is 351 g/mol. The molecule has 0 spiro atoms. The third-order valence-corrected chi connectivity index (χ3v) is 3.57. The second-order valence-electron chi connectivity index (χ2n) is 5.45. The van der Waals surface area contributed by atoms with E-state index < -0.39 is 12.0 Å². The highest BCUT2D eigenvalue weighted by Crippen LogP contribution is 2.14. The molecule has 2 aromatic rings. The Morgan fingerprint density at radius 2 is 1.75 bits per heavy atom. The molecule has 0 amide bonds. The number of benzene rings is 1. The number of unbranched alkanes of at least 4 members (excludes halogenated alkanes) is 1. The van der Waals surface area contributed by atoms with Crippen molar-refractivity contribution in [1.29, 1.82) is 0 Å². The van der Waals surface area contributed by atoms with Crippen LogP contribution in [0.1, 0.15) is 24.0 Å². The van der Waals surface area contributed by atoms with Gasteiger partial charge in [0.1, 0.15) is 11.8 Å². The third kappa shape index (κ3) is 6.98. The quantitative estimate of drug-likeness (QED) is 0.679. The molecule has 24 heavy (non-hydrogen) atoms. The number of carboxylic acid groups (broad SMARTS) is 1. The molecule has 0 saturated carbocycles. The van der Waals surface area contributed by atoms with Gasteiger partial charge in [-0.15, -0.1) is 12.4 Å². The summed E-state index contributed by atoms with van der Waals surface area (Å²) in [6.45, 7) is 0.666. The summed E-state index contributed by atoms with van der Waals surface area (Å²) in [6, 6.07) is 10.6. The molecule has 130 valence electrons. The van der Waals surface area contributed by atoms with Gasteiger partial charge >= 0.3 is 5.97 Å². The fourth-order valence-electron chi connectivity index (χ4n) is 2.23. The zero-order valence-electron chi connectivity index (χ0n) is 13.4. The predicted molar refractivity (Wildman–Crippen MR) is 95.7 cm³/mol. The van der Waals surface area contributed by atoms with Crippen LogP contribution in [0.25, 0.3) is 0 Å². The first-order valence-corrected chi connectivity index (χ1v) is 7.74. The minimum Gasteiger partial charge on any atom is -0.494 e. The highest BCUT2D eigenvalue weighted by atomic mass is 35.5. The van der Waals surface area contributed by atoms with Gasteiger partial charge in [-0.1, -0.05) is 12.1 Å². The molecular weight excluding hydrogens is 328 g/mol. The topological polar surface area (TPSA) is 85.4 Å². The van der Waals surface area contributed by atoms with Gasteiger partial charge in [-0.2, -0.15) is 0 Å². The minimum atomic E-state index is -0.987. The molecule has 0 aliphatic heterocycles. The summed E-state index contributed by atoms with van der Waals surface area (Å²) in [7, 11) is 0. The highest BCUT2D eigenvalue weighted by Gasteiger charge is 2.11. The van der Waals surface area contributed by atoms with Crippen molar-refractivity contribution < 1.29 is 14.6 Å². The summed E-state index contributed by atoms with van der Waals surface area (Å²) in [5.74, 6) is -0.193. The number of nitrogens with zero attached hydrogens (tertiary/aromatic N) is 1. The van der Waals surface area contributed by atoms with Gasteiger partial charge in [0.2, 0.25) is 0 Å². The normalized spacial score (nSPS) is 11.4. The number of halogens is 1. The fourth-order valence-corrected chi connectivity index (χ4v) is 2.23. The smallest absolute Gasteiger partial charge is 0.320 e.